The van der Waals surface area contributed by atoms with Crippen molar-refractivity contribution in [2.45, 2.75) is 25.0 Å². The van der Waals surface area contributed by atoms with E-state index in [1.54, 1.807) is 6.08 Å². The standard InChI is InChI=1S/C23H23N3O2/c1-25-21-9-5-3-7-18(21)20(24-25)10-11-22(27)26-14-12-23(13-15-26)19-8-4-2-6-17(19)16-28-23/h2-11H,12-16H2,1H3. The minimum atomic E-state index is -0.214. The van der Waals surface area contributed by atoms with Crippen LogP contribution in [0.4, 0.5) is 0 Å². The van der Waals surface area contributed by atoms with Gasteiger partial charge in [0, 0.05) is 31.6 Å². The fraction of sp³-hybridized carbons (Fsp3) is 0.304. The summed E-state index contributed by atoms with van der Waals surface area (Å²) in [7, 11) is 1.92. The molecule has 3 aromatic rings. The average molecular weight is 373 g/mol. The van der Waals surface area contributed by atoms with Crippen molar-refractivity contribution in [2.24, 2.45) is 7.05 Å². The van der Waals surface area contributed by atoms with Gasteiger partial charge in [-0.1, -0.05) is 42.5 Å². The van der Waals surface area contributed by atoms with Crippen LogP contribution in [0.2, 0.25) is 0 Å². The molecule has 2 aromatic carbocycles. The molecule has 2 aliphatic heterocycles. The number of aromatic nitrogens is 2. The molecular weight excluding hydrogens is 350 g/mol. The van der Waals surface area contributed by atoms with E-state index < -0.39 is 0 Å². The predicted molar refractivity (Wildman–Crippen MR) is 108 cm³/mol. The van der Waals surface area contributed by atoms with Crippen molar-refractivity contribution in [1.82, 2.24) is 14.7 Å². The average Bonchev–Trinajstić information content (AvgIpc) is 3.26. The number of rotatable bonds is 2. The fourth-order valence-corrected chi connectivity index (χ4v) is 4.51. The first-order valence-corrected chi connectivity index (χ1v) is 9.77. The summed E-state index contributed by atoms with van der Waals surface area (Å²) in [4.78, 5) is 14.6. The Labute approximate surface area is 164 Å². The quantitative estimate of drug-likeness (QED) is 0.645. The molecule has 2 aliphatic rings. The summed E-state index contributed by atoms with van der Waals surface area (Å²) in [5.41, 5.74) is 4.26. The molecule has 1 aromatic heterocycles. The van der Waals surface area contributed by atoms with Crippen LogP contribution in [0.15, 0.2) is 54.6 Å². The number of para-hydroxylation sites is 1. The summed E-state index contributed by atoms with van der Waals surface area (Å²) in [6.45, 7) is 2.09. The van der Waals surface area contributed by atoms with Crippen LogP contribution in [0, 0.1) is 0 Å². The number of hydrogen-bond acceptors (Lipinski definition) is 3. The summed E-state index contributed by atoms with van der Waals surface area (Å²) in [6, 6.07) is 16.5. The predicted octanol–water partition coefficient (Wildman–Crippen LogP) is 3.63. The molecule has 0 N–H and O–H groups in total. The molecule has 1 fully saturated rings. The van der Waals surface area contributed by atoms with E-state index in [9.17, 15) is 4.79 Å². The van der Waals surface area contributed by atoms with Crippen molar-refractivity contribution in [1.29, 1.82) is 0 Å². The lowest BCUT2D eigenvalue weighted by Crippen LogP contribution is -2.44. The highest BCUT2D eigenvalue weighted by molar-refractivity contribution is 5.95. The number of amides is 1. The largest absolute Gasteiger partial charge is 0.365 e. The number of carbonyl (C=O) groups excluding carboxylic acids is 1. The van der Waals surface area contributed by atoms with Crippen molar-refractivity contribution in [2.75, 3.05) is 13.1 Å². The first-order valence-electron chi connectivity index (χ1n) is 9.77. The van der Waals surface area contributed by atoms with Crippen LogP contribution in [-0.4, -0.2) is 33.7 Å². The first kappa shape index (κ1) is 17.2. The summed E-state index contributed by atoms with van der Waals surface area (Å²) in [5, 5.41) is 5.59. The number of carbonyl (C=O) groups is 1. The third kappa shape index (κ3) is 2.74. The molecule has 0 unspecified atom stereocenters. The molecule has 1 saturated heterocycles. The molecule has 1 amide bonds. The summed E-state index contributed by atoms with van der Waals surface area (Å²) < 4.78 is 8.04. The zero-order valence-electron chi connectivity index (χ0n) is 16.0. The van der Waals surface area contributed by atoms with Crippen molar-refractivity contribution >= 4 is 22.9 Å². The molecule has 0 atom stereocenters. The van der Waals surface area contributed by atoms with Gasteiger partial charge in [0.2, 0.25) is 5.91 Å². The van der Waals surface area contributed by atoms with Crippen molar-refractivity contribution in [3.63, 3.8) is 0 Å². The van der Waals surface area contributed by atoms with Gasteiger partial charge in [0.05, 0.1) is 23.4 Å². The van der Waals surface area contributed by atoms with Crippen LogP contribution in [0.3, 0.4) is 0 Å². The third-order valence-corrected chi connectivity index (χ3v) is 6.07. The van der Waals surface area contributed by atoms with E-state index in [4.69, 9.17) is 4.74 Å². The Morgan fingerprint density at radius 2 is 1.86 bits per heavy atom. The Morgan fingerprint density at radius 3 is 2.71 bits per heavy atom. The van der Waals surface area contributed by atoms with Crippen LogP contribution in [-0.2, 0) is 28.8 Å². The van der Waals surface area contributed by atoms with Crippen LogP contribution in [0.1, 0.15) is 29.7 Å². The molecule has 0 aliphatic carbocycles. The highest BCUT2D eigenvalue weighted by atomic mass is 16.5. The van der Waals surface area contributed by atoms with Crippen LogP contribution >= 0.6 is 0 Å². The van der Waals surface area contributed by atoms with Gasteiger partial charge in [0.15, 0.2) is 0 Å². The number of nitrogens with zero attached hydrogens (tertiary/aromatic N) is 3. The van der Waals surface area contributed by atoms with Gasteiger partial charge in [-0.2, -0.15) is 5.10 Å². The van der Waals surface area contributed by atoms with Gasteiger partial charge in [-0.3, -0.25) is 9.48 Å². The third-order valence-electron chi connectivity index (χ3n) is 6.07. The summed E-state index contributed by atoms with van der Waals surface area (Å²) in [5.74, 6) is 0.0378. The van der Waals surface area contributed by atoms with Gasteiger partial charge in [-0.15, -0.1) is 0 Å². The molecule has 5 nitrogen and oxygen atoms in total. The topological polar surface area (TPSA) is 47.4 Å². The number of aryl methyl sites for hydroxylation is 1. The second-order valence-electron chi connectivity index (χ2n) is 7.62. The normalized spacial score (nSPS) is 18.2. The highest BCUT2D eigenvalue weighted by Crippen LogP contribution is 2.43. The molecule has 142 valence electrons. The highest BCUT2D eigenvalue weighted by Gasteiger charge is 2.42. The van der Waals surface area contributed by atoms with E-state index in [2.05, 4.69) is 29.4 Å². The van der Waals surface area contributed by atoms with Gasteiger partial charge in [0.25, 0.3) is 0 Å². The number of piperidine rings is 1. The Morgan fingerprint density at radius 1 is 1.11 bits per heavy atom. The van der Waals surface area contributed by atoms with E-state index in [1.165, 1.54) is 11.1 Å². The van der Waals surface area contributed by atoms with Gasteiger partial charge in [-0.05, 0) is 36.1 Å². The van der Waals surface area contributed by atoms with Gasteiger partial charge in [0.1, 0.15) is 0 Å². The number of benzene rings is 2. The molecule has 0 saturated carbocycles. The minimum absolute atomic E-state index is 0.0378. The molecule has 1 spiro atoms. The Kier molecular flexibility index (Phi) is 4.05. The second-order valence-corrected chi connectivity index (χ2v) is 7.62. The van der Waals surface area contributed by atoms with Crippen molar-refractivity contribution in [3.05, 3.63) is 71.4 Å². The Bertz CT molecular complexity index is 1070. The van der Waals surface area contributed by atoms with Crippen molar-refractivity contribution < 1.29 is 9.53 Å². The maximum Gasteiger partial charge on any atom is 0.246 e. The van der Waals surface area contributed by atoms with Gasteiger partial charge < -0.3 is 9.64 Å². The lowest BCUT2D eigenvalue weighted by atomic mass is 9.84. The number of ether oxygens (including phenoxy) is 1. The SMILES string of the molecule is Cn1nc(C=CC(=O)N2CCC3(CC2)OCc2ccccc23)c2ccccc21. The van der Waals surface area contributed by atoms with E-state index in [0.29, 0.717) is 19.7 Å². The fourth-order valence-electron chi connectivity index (χ4n) is 4.51. The molecule has 5 heteroatoms. The maximum absolute atomic E-state index is 12.7. The summed E-state index contributed by atoms with van der Waals surface area (Å²) >= 11 is 0. The van der Waals surface area contributed by atoms with Gasteiger partial charge >= 0.3 is 0 Å². The van der Waals surface area contributed by atoms with E-state index in [0.717, 1.165) is 29.4 Å². The van der Waals surface area contributed by atoms with E-state index >= 15 is 0 Å². The number of fused-ring (bicyclic) bond motifs is 3. The molecule has 0 bridgehead atoms. The Hall–Kier alpha value is -2.92. The first-order chi connectivity index (χ1) is 13.7. The number of hydrogen-bond donors (Lipinski definition) is 0. The zero-order chi connectivity index (χ0) is 19.1. The lowest BCUT2D eigenvalue weighted by Gasteiger charge is -2.39. The number of likely N-dealkylation sites (tertiary alicyclic amines) is 1. The van der Waals surface area contributed by atoms with Crippen LogP contribution in [0.25, 0.3) is 17.0 Å². The van der Waals surface area contributed by atoms with E-state index in [1.807, 2.05) is 47.0 Å². The van der Waals surface area contributed by atoms with Crippen LogP contribution < -0.4 is 0 Å². The Balaban J connectivity index is 1.30. The smallest absolute Gasteiger partial charge is 0.246 e. The molecule has 3 heterocycles. The molecule has 5 rings (SSSR count). The second kappa shape index (κ2) is 6.60. The van der Waals surface area contributed by atoms with Crippen LogP contribution in [0.5, 0.6) is 0 Å². The molecular formula is C23H23N3O2. The molecule has 28 heavy (non-hydrogen) atoms. The van der Waals surface area contributed by atoms with Crippen molar-refractivity contribution in [3.8, 4) is 0 Å². The minimum Gasteiger partial charge on any atom is -0.365 e. The van der Waals surface area contributed by atoms with E-state index in [-0.39, 0.29) is 11.5 Å². The van der Waals surface area contributed by atoms with Gasteiger partial charge in [-0.25, -0.2) is 0 Å². The lowest BCUT2D eigenvalue weighted by molar-refractivity contribution is -0.133. The molecule has 0 radical (unpaired) electrons. The summed E-state index contributed by atoms with van der Waals surface area (Å²) in [6.07, 6.45) is 5.17. The monoisotopic (exact) mass is 373 g/mol. The zero-order valence-corrected chi connectivity index (χ0v) is 16.0. The maximum atomic E-state index is 12.7.